The van der Waals surface area contributed by atoms with Gasteiger partial charge in [-0.2, -0.15) is 0 Å². The summed E-state index contributed by atoms with van der Waals surface area (Å²) in [7, 11) is 0. The molecule has 0 aromatic heterocycles. The van der Waals surface area contributed by atoms with E-state index in [0.717, 1.165) is 6.42 Å². The van der Waals surface area contributed by atoms with Gasteiger partial charge in [-0.1, -0.05) is 160 Å². The molecule has 1 aromatic carbocycles. The van der Waals surface area contributed by atoms with E-state index in [1.54, 1.807) is 127 Å². The van der Waals surface area contributed by atoms with Crippen molar-refractivity contribution in [3.8, 4) is 0 Å². The number of carbonyl (C=O) groups is 14. The first-order chi connectivity index (χ1) is 49.0. The molecular formula is C75H126N14O16. The van der Waals surface area contributed by atoms with Crippen LogP contribution in [0.5, 0.6) is 0 Å². The lowest BCUT2D eigenvalue weighted by Crippen LogP contribution is -2.64. The highest BCUT2D eigenvalue weighted by molar-refractivity contribution is 6.01. The summed E-state index contributed by atoms with van der Waals surface area (Å²) in [6.45, 7) is 33.1. The molecule has 592 valence electrons. The predicted molar refractivity (Wildman–Crippen MR) is 396 cm³/mol. The molecule has 1 aromatic rings. The highest BCUT2D eigenvalue weighted by Crippen LogP contribution is 2.23. The Labute approximate surface area is 620 Å². The Bertz CT molecular complexity index is 3130. The fraction of sp³-hybridized carbons (Fsp3) is 0.733. The summed E-state index contributed by atoms with van der Waals surface area (Å²) in [4.78, 5) is 202. The number of cyclic esters (lactones) is 1. The molecule has 0 unspecified atom stereocenters. The average molecular weight is 1480 g/mol. The molecule has 0 bridgehead atoms. The van der Waals surface area contributed by atoms with Crippen molar-refractivity contribution in [3.63, 3.8) is 0 Å². The van der Waals surface area contributed by atoms with E-state index >= 15 is 9.59 Å². The minimum Gasteiger partial charge on any atom is -0.458 e. The number of rotatable bonds is 33. The topological polar surface area (TPSA) is 442 Å². The number of aliphatic hydroxyl groups excluding tert-OH is 1. The minimum atomic E-state index is -1.82. The molecule has 0 radical (unpaired) electrons. The Balaban J connectivity index is 2.00. The fourth-order valence-corrected chi connectivity index (χ4v) is 12.2. The van der Waals surface area contributed by atoms with Crippen LogP contribution in [-0.4, -0.2) is 196 Å². The molecule has 2 heterocycles. The van der Waals surface area contributed by atoms with Gasteiger partial charge in [-0.3, -0.25) is 62.3 Å². The van der Waals surface area contributed by atoms with Gasteiger partial charge in [-0.15, -0.1) is 0 Å². The quantitative estimate of drug-likeness (QED) is 0.0446. The first-order valence-corrected chi connectivity index (χ1v) is 37.6. The van der Waals surface area contributed by atoms with Gasteiger partial charge < -0.3 is 84.3 Å². The van der Waals surface area contributed by atoms with Crippen LogP contribution in [0.25, 0.3) is 0 Å². The Morgan fingerprint density at radius 1 is 0.600 bits per heavy atom. The number of nitrogens with two attached hydrogens (primary N) is 1. The molecular weight excluding hydrogens is 1350 g/mol. The highest BCUT2D eigenvalue weighted by Gasteiger charge is 2.45. The van der Waals surface area contributed by atoms with Gasteiger partial charge in [0.05, 0.1) is 6.10 Å². The third-order valence-corrected chi connectivity index (χ3v) is 19.5. The van der Waals surface area contributed by atoms with E-state index in [4.69, 9.17) is 10.5 Å². The summed E-state index contributed by atoms with van der Waals surface area (Å²) in [5, 5.41) is 43.4. The Hall–Kier alpha value is -8.28. The summed E-state index contributed by atoms with van der Waals surface area (Å²) >= 11 is 0. The average Bonchev–Trinajstić information content (AvgIpc) is 1.80. The summed E-state index contributed by atoms with van der Waals surface area (Å²) in [5.41, 5.74) is 4.91. The molecule has 13 amide bonds. The third kappa shape index (κ3) is 27.5. The van der Waals surface area contributed by atoms with Crippen molar-refractivity contribution >= 4 is 82.8 Å². The van der Waals surface area contributed by atoms with Gasteiger partial charge in [0.15, 0.2) is 0 Å². The predicted octanol–water partition coefficient (Wildman–Crippen LogP) is 1.71. The Morgan fingerprint density at radius 3 is 1.67 bits per heavy atom. The zero-order valence-corrected chi connectivity index (χ0v) is 65.7. The van der Waals surface area contributed by atoms with Crippen LogP contribution < -0.4 is 69.5 Å². The van der Waals surface area contributed by atoms with Crippen molar-refractivity contribution in [2.24, 2.45) is 53.1 Å². The van der Waals surface area contributed by atoms with Gasteiger partial charge in [0.2, 0.25) is 76.8 Å². The summed E-state index contributed by atoms with van der Waals surface area (Å²) in [6, 6.07) is -7.57. The second kappa shape index (κ2) is 42.8. The van der Waals surface area contributed by atoms with Crippen LogP contribution in [0.3, 0.4) is 0 Å². The smallest absolute Gasteiger partial charge is 0.329 e. The first-order valence-electron chi connectivity index (χ1n) is 37.6. The van der Waals surface area contributed by atoms with Crippen molar-refractivity contribution in [2.45, 2.75) is 293 Å². The standard InChI is InChI=1S/C75H126N14O16/c1-21-44(15)58(69(99)86-61-47(18)105-73(103)57(43(13)14)87-74(104)75(19,20)88-63(93)50(37-48-30-24-23-25-31-48)78-65(95)54(40(7)8)80-68(98)59(45(16)22-2)84-71(61)101)83-62(92)49(32-27-35-76)77-64(94)51-33-28-36-89(51)72(102)56(42(11)12)82-67(97)55(41(9)10)81-70(100)60(46(17)90)85-66(96)53(39(5)6)79-52(91)34-26-29-38(3)4/h23-25,30-31,38-47,49-51,53-61,90H,21-22,26-29,32-37,76H2,1-20H3,(H,77,94)(H,78,95)(H,79,91)(H,80,98)(H,81,100)(H,82,97)(H,83,92)(H,84,101)(H,85,96)(H,86,99)(H,87,104)(H,88,93)/t44-,45-,46+,47+,49-,50-,51+,53+,54+,55-,56+,57-,58+,59+,60-,61+/m0/s1. The number of ether oxygens (including phenoxy) is 1. The number of amides is 13. The van der Waals surface area contributed by atoms with Crippen LogP contribution in [0.2, 0.25) is 0 Å². The van der Waals surface area contributed by atoms with Crippen molar-refractivity contribution < 1.29 is 77.0 Å². The number of benzene rings is 1. The fourth-order valence-electron chi connectivity index (χ4n) is 12.2. The Morgan fingerprint density at radius 2 is 1.13 bits per heavy atom. The van der Waals surface area contributed by atoms with Crippen LogP contribution in [0.1, 0.15) is 202 Å². The second-order valence-corrected chi connectivity index (χ2v) is 31.1. The largest absolute Gasteiger partial charge is 0.458 e. The van der Waals surface area contributed by atoms with E-state index in [9.17, 15) is 62.6 Å². The van der Waals surface area contributed by atoms with Gasteiger partial charge in [0.25, 0.3) is 0 Å². The number of hydrogen-bond donors (Lipinski definition) is 14. The van der Waals surface area contributed by atoms with Crippen LogP contribution in [0, 0.1) is 47.3 Å². The van der Waals surface area contributed by atoms with Gasteiger partial charge >= 0.3 is 5.97 Å². The van der Waals surface area contributed by atoms with E-state index in [1.165, 1.54) is 32.6 Å². The molecule has 15 N–H and O–H groups in total. The van der Waals surface area contributed by atoms with E-state index in [0.29, 0.717) is 30.7 Å². The van der Waals surface area contributed by atoms with E-state index in [-0.39, 0.29) is 57.5 Å². The molecule has 30 heteroatoms. The molecule has 105 heavy (non-hydrogen) atoms. The van der Waals surface area contributed by atoms with Crippen molar-refractivity contribution in [2.75, 3.05) is 13.1 Å². The van der Waals surface area contributed by atoms with Crippen LogP contribution in [-0.2, 0) is 78.3 Å². The molecule has 2 aliphatic rings. The molecule has 0 aliphatic carbocycles. The normalized spacial score (nSPS) is 22.7. The third-order valence-electron chi connectivity index (χ3n) is 19.5. The molecule has 2 saturated heterocycles. The molecule has 0 spiro atoms. The molecule has 0 saturated carbocycles. The zero-order valence-electron chi connectivity index (χ0n) is 65.7. The van der Waals surface area contributed by atoms with Crippen molar-refractivity contribution in [3.05, 3.63) is 35.9 Å². The number of nitrogens with zero attached hydrogens (tertiary/aromatic N) is 1. The van der Waals surface area contributed by atoms with E-state index < -0.39 is 209 Å². The molecule has 3 rings (SSSR count). The summed E-state index contributed by atoms with van der Waals surface area (Å²) in [5.74, 6) is -14.9. The maximum absolute atomic E-state index is 15.1. The van der Waals surface area contributed by atoms with Gasteiger partial charge in [0, 0.05) is 19.4 Å². The first kappa shape index (κ1) is 90.9. The molecule has 2 aliphatic heterocycles. The van der Waals surface area contributed by atoms with Crippen LogP contribution in [0.4, 0.5) is 0 Å². The monoisotopic (exact) mass is 1480 g/mol. The molecule has 16 atom stereocenters. The maximum Gasteiger partial charge on any atom is 0.329 e. The van der Waals surface area contributed by atoms with Gasteiger partial charge in [-0.25, -0.2) is 4.79 Å². The number of nitrogens with one attached hydrogen (secondary N) is 12. The van der Waals surface area contributed by atoms with Gasteiger partial charge in [-0.05, 0) is 119 Å². The van der Waals surface area contributed by atoms with Gasteiger partial charge in [0.1, 0.15) is 84.1 Å². The maximum atomic E-state index is 15.1. The second-order valence-electron chi connectivity index (χ2n) is 31.1. The number of hydrogen-bond acceptors (Lipinski definition) is 17. The number of esters is 1. The SMILES string of the molecule is CC[C@H](C)[C@@H](NC(=O)[C@H](CCCN)NC(=O)[C@H]1CCCN1C(=O)[C@H](NC(=O)[C@@H](NC(=O)[C@@H](NC(=O)[C@H](NC(=O)CCCC(C)C)C(C)C)[C@@H](C)O)C(C)C)C(C)C)C(=O)N[C@H]1C(=O)N[C@H]([C@@H](C)CC)C(=O)N[C@H](C(C)C)C(=O)N[C@@H](Cc2ccccc2)C(=O)NC(C)(C)C(=O)N[C@@H](C(C)C)C(=O)O[C@@H]1C. The highest BCUT2D eigenvalue weighted by atomic mass is 16.5. The molecule has 30 nitrogen and oxygen atoms in total. The summed E-state index contributed by atoms with van der Waals surface area (Å²) < 4.78 is 5.98. The molecule has 2 fully saturated rings. The van der Waals surface area contributed by atoms with Crippen molar-refractivity contribution in [1.82, 2.24) is 68.7 Å². The Kier molecular flexibility index (Phi) is 37.0. The number of aliphatic hydroxyl groups is 1. The van der Waals surface area contributed by atoms with Crippen LogP contribution in [0.15, 0.2) is 30.3 Å². The minimum absolute atomic E-state index is 0.0225. The number of carbonyl (C=O) groups excluding carboxylic acids is 14. The zero-order chi connectivity index (χ0) is 79.7. The lowest BCUT2D eigenvalue weighted by atomic mass is 9.95. The van der Waals surface area contributed by atoms with E-state index in [1.807, 2.05) is 13.8 Å². The lowest BCUT2D eigenvalue weighted by Gasteiger charge is -2.34. The number of likely N-dealkylation sites (tertiary alicyclic amines) is 1. The summed E-state index contributed by atoms with van der Waals surface area (Å²) in [6.07, 6.45) is -0.249. The van der Waals surface area contributed by atoms with E-state index in [2.05, 4.69) is 63.8 Å². The van der Waals surface area contributed by atoms with Crippen molar-refractivity contribution in [1.29, 1.82) is 0 Å². The lowest BCUT2D eigenvalue weighted by molar-refractivity contribution is -0.157. The van der Waals surface area contributed by atoms with Crippen LogP contribution >= 0.6 is 0 Å².